The normalized spacial score (nSPS) is 22.8. The molecular formula is C24H28ClN3O. The predicted molar refractivity (Wildman–Crippen MR) is 118 cm³/mol. The van der Waals surface area contributed by atoms with Crippen LogP contribution in [0.4, 0.5) is 0 Å². The van der Waals surface area contributed by atoms with Crippen LogP contribution in [0.3, 0.4) is 0 Å². The third kappa shape index (κ3) is 3.23. The summed E-state index contributed by atoms with van der Waals surface area (Å²) in [5.74, 6) is 1.07. The van der Waals surface area contributed by atoms with Crippen LogP contribution in [0, 0.1) is 6.92 Å². The Balaban J connectivity index is 1.53. The van der Waals surface area contributed by atoms with Gasteiger partial charge in [-0.25, -0.2) is 5.01 Å². The molecule has 3 aliphatic rings. The summed E-state index contributed by atoms with van der Waals surface area (Å²) in [6.45, 7) is 7.69. The van der Waals surface area contributed by atoms with Gasteiger partial charge in [-0.05, 0) is 43.1 Å². The van der Waals surface area contributed by atoms with Crippen molar-refractivity contribution in [3.05, 3.63) is 64.2 Å². The van der Waals surface area contributed by atoms with Crippen molar-refractivity contribution in [3.8, 4) is 5.75 Å². The summed E-state index contributed by atoms with van der Waals surface area (Å²) < 4.78 is 6.81. The fourth-order valence-corrected chi connectivity index (χ4v) is 5.16. The van der Waals surface area contributed by atoms with Crippen LogP contribution in [0.15, 0.2) is 47.6 Å². The van der Waals surface area contributed by atoms with Crippen LogP contribution in [0.5, 0.6) is 5.75 Å². The second-order valence-electron chi connectivity index (χ2n) is 8.50. The van der Waals surface area contributed by atoms with Crippen molar-refractivity contribution in [2.45, 2.75) is 51.3 Å². The fourth-order valence-electron chi connectivity index (χ4n) is 5.03. The molecular weight excluding hydrogens is 382 g/mol. The monoisotopic (exact) mass is 409 g/mol. The standard InChI is InChI=1S/C24H28ClN3O/c1-3-13-27-14-11-24(12-15-27)28-22(20-6-4-5-17(2)23(20)29-24)16-21(26-28)18-7-9-19(25)10-8-18/h4-10,22H,3,11-16H2,1-2H3. The van der Waals surface area contributed by atoms with Crippen LogP contribution in [0.2, 0.25) is 5.02 Å². The number of hydrazone groups is 1. The first-order chi connectivity index (χ1) is 14.1. The number of halogens is 1. The number of ether oxygens (including phenoxy) is 1. The van der Waals surface area contributed by atoms with Gasteiger partial charge in [0.1, 0.15) is 5.75 Å². The second kappa shape index (κ2) is 7.33. The smallest absolute Gasteiger partial charge is 0.200 e. The Kier molecular flexibility index (Phi) is 4.79. The molecule has 0 aromatic heterocycles. The van der Waals surface area contributed by atoms with Crippen LogP contribution in [0.25, 0.3) is 0 Å². The Labute approximate surface area is 178 Å². The Morgan fingerprint density at radius 1 is 1.14 bits per heavy atom. The largest absolute Gasteiger partial charge is 0.466 e. The van der Waals surface area contributed by atoms with Crippen molar-refractivity contribution in [1.29, 1.82) is 0 Å². The first kappa shape index (κ1) is 19.0. The molecule has 0 bridgehead atoms. The van der Waals surface area contributed by atoms with Gasteiger partial charge in [0.05, 0.1) is 11.8 Å². The Bertz CT molecular complexity index is 932. The van der Waals surface area contributed by atoms with E-state index >= 15 is 0 Å². The molecule has 3 aliphatic heterocycles. The lowest BCUT2D eigenvalue weighted by Crippen LogP contribution is -2.59. The van der Waals surface area contributed by atoms with Gasteiger partial charge in [0.15, 0.2) is 0 Å². The van der Waals surface area contributed by atoms with Crippen molar-refractivity contribution >= 4 is 17.3 Å². The minimum Gasteiger partial charge on any atom is -0.466 e. The number of piperidine rings is 1. The highest BCUT2D eigenvalue weighted by Gasteiger charge is 2.52. The Morgan fingerprint density at radius 2 is 1.90 bits per heavy atom. The quantitative estimate of drug-likeness (QED) is 0.679. The van der Waals surface area contributed by atoms with Crippen LogP contribution < -0.4 is 4.74 Å². The summed E-state index contributed by atoms with van der Waals surface area (Å²) in [5, 5.41) is 8.20. The lowest BCUT2D eigenvalue weighted by atomic mass is 9.89. The number of rotatable bonds is 3. The van der Waals surface area contributed by atoms with Crippen LogP contribution in [-0.2, 0) is 0 Å². The van der Waals surface area contributed by atoms with E-state index in [0.717, 1.165) is 60.9 Å². The zero-order valence-corrected chi connectivity index (χ0v) is 18.0. The minimum atomic E-state index is -0.345. The number of likely N-dealkylation sites (tertiary alicyclic amines) is 1. The summed E-state index contributed by atoms with van der Waals surface area (Å²) in [5.41, 5.74) is 4.41. The molecule has 0 N–H and O–H groups in total. The van der Waals surface area contributed by atoms with Gasteiger partial charge in [0, 0.05) is 42.9 Å². The number of fused-ring (bicyclic) bond motifs is 4. The lowest BCUT2D eigenvalue weighted by Gasteiger charge is -2.51. The van der Waals surface area contributed by atoms with Crippen molar-refractivity contribution in [3.63, 3.8) is 0 Å². The molecule has 3 heterocycles. The predicted octanol–water partition coefficient (Wildman–Crippen LogP) is 5.39. The van der Waals surface area contributed by atoms with E-state index in [9.17, 15) is 0 Å². The molecule has 5 heteroatoms. The number of benzene rings is 2. The molecule has 2 aromatic rings. The minimum absolute atomic E-state index is 0.238. The molecule has 0 amide bonds. The molecule has 1 fully saturated rings. The molecule has 0 saturated carbocycles. The number of hydrogen-bond donors (Lipinski definition) is 0. The third-order valence-electron chi connectivity index (χ3n) is 6.58. The maximum Gasteiger partial charge on any atom is 0.200 e. The average Bonchev–Trinajstić information content (AvgIpc) is 3.18. The fraction of sp³-hybridized carbons (Fsp3) is 0.458. The average molecular weight is 410 g/mol. The summed E-state index contributed by atoms with van der Waals surface area (Å²) in [4.78, 5) is 2.55. The van der Waals surface area contributed by atoms with Gasteiger partial charge in [0.2, 0.25) is 5.72 Å². The molecule has 29 heavy (non-hydrogen) atoms. The van der Waals surface area contributed by atoms with Gasteiger partial charge in [-0.15, -0.1) is 0 Å². The van der Waals surface area contributed by atoms with E-state index in [-0.39, 0.29) is 11.8 Å². The van der Waals surface area contributed by atoms with Crippen molar-refractivity contribution in [2.24, 2.45) is 5.10 Å². The molecule has 2 aromatic carbocycles. The van der Waals surface area contributed by atoms with Crippen molar-refractivity contribution in [1.82, 2.24) is 9.91 Å². The molecule has 4 nitrogen and oxygen atoms in total. The highest BCUT2D eigenvalue weighted by molar-refractivity contribution is 6.30. The van der Waals surface area contributed by atoms with Gasteiger partial charge in [0.25, 0.3) is 0 Å². The molecule has 1 atom stereocenters. The van der Waals surface area contributed by atoms with E-state index in [0.29, 0.717) is 0 Å². The highest BCUT2D eigenvalue weighted by Crippen LogP contribution is 2.50. The summed E-state index contributed by atoms with van der Waals surface area (Å²) >= 11 is 6.11. The highest BCUT2D eigenvalue weighted by atomic mass is 35.5. The molecule has 152 valence electrons. The summed E-state index contributed by atoms with van der Waals surface area (Å²) in [7, 11) is 0. The number of para-hydroxylation sites is 1. The van der Waals surface area contributed by atoms with Gasteiger partial charge in [-0.1, -0.05) is 48.9 Å². The maximum atomic E-state index is 6.81. The molecule has 0 aliphatic carbocycles. The lowest BCUT2D eigenvalue weighted by molar-refractivity contribution is -0.150. The van der Waals surface area contributed by atoms with E-state index in [2.05, 4.69) is 54.1 Å². The van der Waals surface area contributed by atoms with E-state index in [4.69, 9.17) is 21.4 Å². The van der Waals surface area contributed by atoms with Crippen LogP contribution in [-0.4, -0.2) is 41.0 Å². The van der Waals surface area contributed by atoms with Gasteiger partial charge in [-0.3, -0.25) is 0 Å². The van der Waals surface area contributed by atoms with Gasteiger partial charge < -0.3 is 9.64 Å². The van der Waals surface area contributed by atoms with E-state index < -0.39 is 0 Å². The van der Waals surface area contributed by atoms with Crippen molar-refractivity contribution in [2.75, 3.05) is 19.6 Å². The molecule has 1 unspecified atom stereocenters. The first-order valence-corrected chi connectivity index (χ1v) is 11.1. The Morgan fingerprint density at radius 3 is 2.62 bits per heavy atom. The van der Waals surface area contributed by atoms with Crippen molar-refractivity contribution < 1.29 is 4.74 Å². The summed E-state index contributed by atoms with van der Waals surface area (Å²) in [6.07, 6.45) is 4.06. The van der Waals surface area contributed by atoms with Gasteiger partial charge in [-0.2, -0.15) is 5.10 Å². The van der Waals surface area contributed by atoms with E-state index in [1.54, 1.807) is 0 Å². The SMILES string of the molecule is CCCN1CCC2(CC1)Oc1c(C)cccc1C1CC(c3ccc(Cl)cc3)=NN12. The third-order valence-corrected chi connectivity index (χ3v) is 6.83. The van der Waals surface area contributed by atoms with E-state index in [1.807, 2.05) is 12.1 Å². The number of hydrogen-bond acceptors (Lipinski definition) is 4. The Hall–Kier alpha value is -2.04. The number of aryl methyl sites for hydroxylation is 1. The number of nitrogens with zero attached hydrogens (tertiary/aromatic N) is 3. The first-order valence-electron chi connectivity index (χ1n) is 10.7. The van der Waals surface area contributed by atoms with Crippen LogP contribution in [0.1, 0.15) is 55.3 Å². The zero-order valence-electron chi connectivity index (χ0n) is 17.2. The second-order valence-corrected chi connectivity index (χ2v) is 8.94. The maximum absolute atomic E-state index is 6.81. The topological polar surface area (TPSA) is 28.1 Å². The molecule has 5 rings (SSSR count). The molecule has 1 spiro atoms. The van der Waals surface area contributed by atoms with E-state index in [1.165, 1.54) is 17.5 Å². The van der Waals surface area contributed by atoms with Gasteiger partial charge >= 0.3 is 0 Å². The van der Waals surface area contributed by atoms with Crippen LogP contribution >= 0.6 is 11.6 Å². The molecule has 1 saturated heterocycles. The zero-order chi connectivity index (χ0) is 20.0. The molecule has 0 radical (unpaired) electrons. The summed E-state index contributed by atoms with van der Waals surface area (Å²) in [6, 6.07) is 14.8.